The van der Waals surface area contributed by atoms with Crippen molar-refractivity contribution >= 4 is 23.3 Å². The lowest BCUT2D eigenvalue weighted by molar-refractivity contribution is -0.190. The molecule has 0 aliphatic rings. The Kier molecular flexibility index (Phi) is 8.38. The Labute approximate surface area is 211 Å². The number of carbonyl (C=O) groups excluding carboxylic acids is 1. The van der Waals surface area contributed by atoms with Gasteiger partial charge < -0.3 is 19.9 Å². The van der Waals surface area contributed by atoms with E-state index < -0.39 is 53.6 Å². The van der Waals surface area contributed by atoms with Crippen molar-refractivity contribution in [3.05, 3.63) is 51.0 Å². The number of anilines is 1. The van der Waals surface area contributed by atoms with Gasteiger partial charge in [0.05, 0.1) is 6.61 Å². The van der Waals surface area contributed by atoms with Gasteiger partial charge >= 0.3 is 11.9 Å². The number of nitrogens with zero attached hydrogens (tertiary/aromatic N) is 5. The lowest BCUT2D eigenvalue weighted by atomic mass is 10.2. The summed E-state index contributed by atoms with van der Waals surface area (Å²) in [4.78, 5) is 33.2. The second-order valence-corrected chi connectivity index (χ2v) is 7.70. The van der Waals surface area contributed by atoms with Crippen LogP contribution in [0.3, 0.4) is 0 Å². The van der Waals surface area contributed by atoms with Crippen LogP contribution in [0.1, 0.15) is 37.0 Å². The monoisotopic (exact) mass is 548 g/mol. The van der Waals surface area contributed by atoms with Gasteiger partial charge in [-0.15, -0.1) is 5.10 Å². The molecule has 0 saturated carbocycles. The Morgan fingerprint density at radius 3 is 2.59 bits per heavy atom. The van der Waals surface area contributed by atoms with Crippen LogP contribution < -0.4 is 20.5 Å². The Bertz CT molecular complexity index is 1360. The van der Waals surface area contributed by atoms with Crippen LogP contribution in [0.25, 0.3) is 5.82 Å². The highest BCUT2D eigenvalue weighted by Gasteiger charge is 2.39. The van der Waals surface area contributed by atoms with Crippen LogP contribution in [-0.2, 0) is 13.2 Å². The molecule has 1 atom stereocenters. The fraction of sp³-hybridized carbons (Fsp3) is 0.381. The number of nitrogens with one attached hydrogen (secondary N) is 1. The van der Waals surface area contributed by atoms with E-state index in [9.17, 15) is 27.9 Å². The molecule has 0 spiro atoms. The minimum absolute atomic E-state index is 0.0554. The second-order valence-electron chi connectivity index (χ2n) is 7.32. The van der Waals surface area contributed by atoms with E-state index in [0.717, 1.165) is 4.57 Å². The van der Waals surface area contributed by atoms with Gasteiger partial charge in [0.25, 0.3) is 5.91 Å². The average Bonchev–Trinajstić information content (AvgIpc) is 3.16. The van der Waals surface area contributed by atoms with Gasteiger partial charge in [0.1, 0.15) is 22.9 Å². The molecule has 200 valence electrons. The Morgan fingerprint density at radius 2 is 2.03 bits per heavy atom. The van der Waals surface area contributed by atoms with Crippen molar-refractivity contribution in [1.82, 2.24) is 24.3 Å². The van der Waals surface area contributed by atoms with Crippen LogP contribution in [0.5, 0.6) is 11.6 Å². The van der Waals surface area contributed by atoms with Crippen LogP contribution >= 0.6 is 11.6 Å². The van der Waals surface area contributed by atoms with Crippen LogP contribution in [-0.4, -0.2) is 54.2 Å². The third-order valence-corrected chi connectivity index (χ3v) is 5.26. The van der Waals surface area contributed by atoms with E-state index in [4.69, 9.17) is 21.1 Å². The van der Waals surface area contributed by atoms with Gasteiger partial charge in [0.2, 0.25) is 5.88 Å². The molecule has 0 radical (unpaired) electrons. The molecule has 0 bridgehead atoms. The first kappa shape index (κ1) is 27.9. The number of pyridine rings is 2. The minimum atomic E-state index is -4.87. The number of rotatable bonds is 9. The number of alkyl halides is 3. The molecule has 3 aromatic rings. The van der Waals surface area contributed by atoms with E-state index in [1.165, 1.54) is 12.3 Å². The molecule has 16 heteroatoms. The zero-order valence-corrected chi connectivity index (χ0v) is 20.4. The van der Waals surface area contributed by atoms with Crippen LogP contribution in [0.15, 0.2) is 23.1 Å². The number of hydrogen-bond acceptors (Lipinski definition) is 8. The van der Waals surface area contributed by atoms with E-state index in [1.54, 1.807) is 13.8 Å². The highest BCUT2D eigenvalue weighted by atomic mass is 35.5. The Morgan fingerprint density at radius 1 is 1.32 bits per heavy atom. The van der Waals surface area contributed by atoms with E-state index in [0.29, 0.717) is 17.7 Å². The van der Waals surface area contributed by atoms with Crippen LogP contribution in [0, 0.1) is 5.82 Å². The number of halogens is 5. The number of aromatic nitrogens is 5. The lowest BCUT2D eigenvalue weighted by Gasteiger charge is -2.19. The summed E-state index contributed by atoms with van der Waals surface area (Å²) >= 11 is 6.16. The van der Waals surface area contributed by atoms with Gasteiger partial charge in [0, 0.05) is 18.8 Å². The van der Waals surface area contributed by atoms with Crippen LogP contribution in [0.4, 0.5) is 23.4 Å². The molecule has 0 aliphatic carbocycles. The minimum Gasteiger partial charge on any atom is -0.492 e. The molecule has 1 amide bonds. The molecule has 0 fully saturated rings. The maximum atomic E-state index is 15.1. The summed E-state index contributed by atoms with van der Waals surface area (Å²) in [5, 5.41) is 15.3. The van der Waals surface area contributed by atoms with Crippen molar-refractivity contribution in [1.29, 1.82) is 0 Å². The Balaban J connectivity index is 2.12. The summed E-state index contributed by atoms with van der Waals surface area (Å²) < 4.78 is 66.4. The molecule has 1 unspecified atom stereocenters. The highest BCUT2D eigenvalue weighted by Crippen LogP contribution is 2.32. The molecule has 0 aromatic carbocycles. The first-order valence-corrected chi connectivity index (χ1v) is 11.1. The summed E-state index contributed by atoms with van der Waals surface area (Å²) in [6, 6.07) is 1.96. The predicted molar refractivity (Wildman–Crippen MR) is 122 cm³/mol. The molecule has 11 nitrogen and oxygen atoms in total. The summed E-state index contributed by atoms with van der Waals surface area (Å²) in [6.07, 6.45) is -6.08. The maximum Gasteiger partial charge on any atom is 0.425 e. The van der Waals surface area contributed by atoms with Crippen molar-refractivity contribution in [2.45, 2.75) is 46.2 Å². The van der Waals surface area contributed by atoms with Crippen molar-refractivity contribution in [3.63, 3.8) is 0 Å². The maximum absolute atomic E-state index is 15.1. The standard InChI is InChI=1S/C21H21ClF4N6O5/c1-4-31-14(9-33)30-32(20(31)35)17-12(23)8-11(19(29-17)37-10(3)21(24,25)26)18(34)28-16-15(22)13(36-5-2)6-7-27-16/h6-8,10,33H,4-5,9H2,1-3H3,(H,27,28,34). The molecule has 3 aromatic heterocycles. The number of aliphatic hydroxyl groups excluding tert-OH is 1. The fourth-order valence-electron chi connectivity index (χ4n) is 3.06. The molecular weight excluding hydrogens is 528 g/mol. The topological polar surface area (TPSA) is 133 Å². The fourth-order valence-corrected chi connectivity index (χ4v) is 3.28. The van der Waals surface area contributed by atoms with Crippen molar-refractivity contribution < 1.29 is 36.9 Å². The number of carbonyl (C=O) groups is 1. The molecular formula is C21H21ClF4N6O5. The molecule has 3 heterocycles. The summed E-state index contributed by atoms with van der Waals surface area (Å²) in [5.41, 5.74) is -1.67. The third-order valence-electron chi connectivity index (χ3n) is 4.90. The molecule has 0 saturated heterocycles. The zero-order chi connectivity index (χ0) is 27.5. The number of hydrogen-bond donors (Lipinski definition) is 2. The van der Waals surface area contributed by atoms with Crippen molar-refractivity contribution in [2.75, 3.05) is 11.9 Å². The van der Waals surface area contributed by atoms with Gasteiger partial charge in [-0.2, -0.15) is 22.8 Å². The summed E-state index contributed by atoms with van der Waals surface area (Å²) in [5.74, 6) is -4.43. The normalized spacial score (nSPS) is 12.4. The van der Waals surface area contributed by atoms with Crippen molar-refractivity contribution in [2.24, 2.45) is 0 Å². The first-order chi connectivity index (χ1) is 17.4. The molecule has 37 heavy (non-hydrogen) atoms. The Hall–Kier alpha value is -3.72. The molecule has 0 aliphatic heterocycles. The lowest BCUT2D eigenvalue weighted by Crippen LogP contribution is -2.33. The largest absolute Gasteiger partial charge is 0.492 e. The quantitative estimate of drug-likeness (QED) is 0.390. The number of aliphatic hydroxyl groups is 1. The van der Waals surface area contributed by atoms with E-state index >= 15 is 4.39 Å². The van der Waals surface area contributed by atoms with Gasteiger partial charge in [-0.25, -0.2) is 14.2 Å². The molecule has 3 rings (SSSR count). The van der Waals surface area contributed by atoms with Crippen molar-refractivity contribution in [3.8, 4) is 17.4 Å². The highest BCUT2D eigenvalue weighted by molar-refractivity contribution is 6.35. The molecule has 2 N–H and O–H groups in total. The summed E-state index contributed by atoms with van der Waals surface area (Å²) in [6.45, 7) is 3.52. The predicted octanol–water partition coefficient (Wildman–Crippen LogP) is 3.11. The van der Waals surface area contributed by atoms with E-state index in [-0.39, 0.29) is 35.6 Å². The van der Waals surface area contributed by atoms with Crippen LogP contribution in [0.2, 0.25) is 5.02 Å². The number of ether oxygens (including phenoxy) is 2. The van der Waals surface area contributed by atoms with E-state index in [2.05, 4.69) is 20.4 Å². The van der Waals surface area contributed by atoms with Gasteiger partial charge in [-0.3, -0.25) is 9.36 Å². The second kappa shape index (κ2) is 11.1. The first-order valence-electron chi connectivity index (χ1n) is 10.7. The average molecular weight is 549 g/mol. The zero-order valence-electron chi connectivity index (χ0n) is 19.6. The summed E-state index contributed by atoms with van der Waals surface area (Å²) in [7, 11) is 0. The van der Waals surface area contributed by atoms with E-state index in [1.807, 2.05) is 0 Å². The number of amides is 1. The SMILES string of the molecule is CCOc1ccnc(NC(=O)c2cc(F)c(-n3nc(CO)n(CC)c3=O)nc2OC(C)C(F)(F)F)c1Cl. The van der Waals surface area contributed by atoms with Gasteiger partial charge in [-0.05, 0) is 26.8 Å². The third kappa shape index (κ3) is 5.83. The van der Waals surface area contributed by atoms with Gasteiger partial charge in [-0.1, -0.05) is 11.6 Å². The smallest absolute Gasteiger partial charge is 0.425 e. The van der Waals surface area contributed by atoms with Gasteiger partial charge in [0.15, 0.2) is 29.4 Å².